The van der Waals surface area contributed by atoms with Crippen molar-refractivity contribution in [2.24, 2.45) is 0 Å². The van der Waals surface area contributed by atoms with Crippen LogP contribution < -0.4 is 0 Å². The topological polar surface area (TPSA) is 91.3 Å². The Labute approximate surface area is 341 Å². The second kappa shape index (κ2) is 40.0. The quantitative estimate of drug-likeness (QED) is 0.0216. The number of quaternary nitrogens is 1. The summed E-state index contributed by atoms with van der Waals surface area (Å²) in [6.45, 7) is 5.65. The van der Waals surface area contributed by atoms with Crippen molar-refractivity contribution in [1.82, 2.24) is 0 Å². The average Bonchev–Trinajstić information content (AvgIpc) is 3.13. The zero-order chi connectivity index (χ0) is 40.6. The lowest BCUT2D eigenvalue weighted by atomic mass is 10.0. The molecule has 0 rings (SSSR count). The van der Waals surface area contributed by atoms with E-state index in [0.29, 0.717) is 24.1 Å². The molecule has 0 saturated heterocycles. The lowest BCUT2D eigenvalue weighted by Gasteiger charge is -2.24. The van der Waals surface area contributed by atoms with Crippen molar-refractivity contribution < 1.29 is 37.3 Å². The highest BCUT2D eigenvalue weighted by Crippen LogP contribution is 2.43. The SMILES string of the molecule is CCCCCCCC/C=C\CCCCCCCCOCC(COP(=O)(O)OCC[N+](C)(C)C)OC(=O)CCCCCCCCCCCCCCCCCCC. The van der Waals surface area contributed by atoms with Gasteiger partial charge in [0.2, 0.25) is 0 Å². The molecule has 0 heterocycles. The van der Waals surface area contributed by atoms with Crippen LogP contribution in [0, 0.1) is 0 Å². The molecule has 8 nitrogen and oxygen atoms in total. The molecule has 0 amide bonds. The molecule has 0 aliphatic carbocycles. The van der Waals surface area contributed by atoms with Gasteiger partial charge in [0.25, 0.3) is 0 Å². The van der Waals surface area contributed by atoms with E-state index in [2.05, 4.69) is 26.0 Å². The van der Waals surface area contributed by atoms with Gasteiger partial charge in [-0.05, 0) is 38.5 Å². The van der Waals surface area contributed by atoms with Crippen molar-refractivity contribution in [2.75, 3.05) is 54.1 Å². The fraction of sp³-hybridized carbons (Fsp3) is 0.935. The number of allylic oxidation sites excluding steroid dienone is 2. The van der Waals surface area contributed by atoms with Crippen molar-refractivity contribution in [3.05, 3.63) is 12.2 Å². The summed E-state index contributed by atoms with van der Waals surface area (Å²) >= 11 is 0. The Morgan fingerprint density at radius 1 is 0.545 bits per heavy atom. The van der Waals surface area contributed by atoms with E-state index >= 15 is 0 Å². The van der Waals surface area contributed by atoms with E-state index in [1.807, 2.05) is 21.1 Å². The lowest BCUT2D eigenvalue weighted by molar-refractivity contribution is -0.870. The monoisotopic (exact) mass is 803 g/mol. The summed E-state index contributed by atoms with van der Waals surface area (Å²) in [5.41, 5.74) is 0. The highest BCUT2D eigenvalue weighted by molar-refractivity contribution is 7.47. The van der Waals surface area contributed by atoms with Crippen LogP contribution in [-0.2, 0) is 27.9 Å². The van der Waals surface area contributed by atoms with Gasteiger partial charge in [0.15, 0.2) is 0 Å². The highest BCUT2D eigenvalue weighted by Gasteiger charge is 2.26. The molecule has 0 aromatic rings. The van der Waals surface area contributed by atoms with Crippen molar-refractivity contribution >= 4 is 13.8 Å². The van der Waals surface area contributed by atoms with Crippen LogP contribution in [0.1, 0.15) is 219 Å². The van der Waals surface area contributed by atoms with Crippen molar-refractivity contribution in [1.29, 1.82) is 0 Å². The molecule has 9 heteroatoms. The smallest absolute Gasteiger partial charge is 0.457 e. The number of carbonyl (C=O) groups excluding carboxylic acids is 1. The third-order valence-electron chi connectivity index (χ3n) is 10.3. The molecule has 1 N–H and O–H groups in total. The minimum Gasteiger partial charge on any atom is -0.457 e. The number of likely N-dealkylation sites (N-methyl/N-ethyl adjacent to an activating group) is 1. The normalized spacial score (nSPS) is 13.8. The predicted molar refractivity (Wildman–Crippen MR) is 234 cm³/mol. The van der Waals surface area contributed by atoms with Gasteiger partial charge < -0.3 is 18.9 Å². The molecule has 328 valence electrons. The summed E-state index contributed by atoms with van der Waals surface area (Å²) in [7, 11) is 1.68. The minimum absolute atomic E-state index is 0.0908. The molecule has 0 bridgehead atoms. The fourth-order valence-electron chi connectivity index (χ4n) is 6.67. The highest BCUT2D eigenvalue weighted by atomic mass is 31.2. The van der Waals surface area contributed by atoms with Crippen LogP contribution >= 0.6 is 7.82 Å². The molecule has 0 aliphatic heterocycles. The standard InChI is InChI=1S/C46H92NO7P/c1-6-8-10-12-14-16-18-20-22-24-25-27-29-31-33-35-37-39-46(48)54-45(44-53-55(49,50)52-42-40-47(3,4)5)43-51-41-38-36-34-32-30-28-26-23-21-19-17-15-13-11-9-7-2/h21,23,45H,6-20,22,24-44H2,1-5H3/p+1/b23-21-. The summed E-state index contributed by atoms with van der Waals surface area (Å²) < 4.78 is 35.1. The van der Waals surface area contributed by atoms with Gasteiger partial charge >= 0.3 is 13.8 Å². The summed E-state index contributed by atoms with van der Waals surface area (Å²) in [6.07, 6.45) is 43.8. The van der Waals surface area contributed by atoms with Gasteiger partial charge in [0.05, 0.1) is 34.4 Å². The van der Waals surface area contributed by atoms with Gasteiger partial charge in [0.1, 0.15) is 19.3 Å². The van der Waals surface area contributed by atoms with Gasteiger partial charge in [-0.25, -0.2) is 4.57 Å². The second-order valence-electron chi connectivity index (χ2n) is 17.1. The van der Waals surface area contributed by atoms with E-state index in [4.69, 9.17) is 18.5 Å². The van der Waals surface area contributed by atoms with Gasteiger partial charge in [-0.15, -0.1) is 0 Å². The summed E-state index contributed by atoms with van der Waals surface area (Å²) in [5, 5.41) is 0. The predicted octanol–water partition coefficient (Wildman–Crippen LogP) is 13.8. The van der Waals surface area contributed by atoms with Gasteiger partial charge in [-0.1, -0.05) is 187 Å². The summed E-state index contributed by atoms with van der Waals surface area (Å²) in [5.74, 6) is -0.311. The molecule has 0 fully saturated rings. The molecule has 0 aliphatic rings. The molecule has 0 aromatic carbocycles. The number of phosphoric acid groups is 1. The first-order valence-corrected chi connectivity index (χ1v) is 24.9. The number of hydrogen-bond donors (Lipinski definition) is 1. The van der Waals surface area contributed by atoms with E-state index in [0.717, 1.165) is 32.1 Å². The number of phosphoric ester groups is 1. The number of nitrogens with zero attached hydrogens (tertiary/aromatic N) is 1. The summed E-state index contributed by atoms with van der Waals surface area (Å²) in [6, 6.07) is 0. The third kappa shape index (κ3) is 44.2. The van der Waals surface area contributed by atoms with Crippen LogP contribution in [0.5, 0.6) is 0 Å². The lowest BCUT2D eigenvalue weighted by Crippen LogP contribution is -2.37. The Kier molecular flexibility index (Phi) is 39.5. The molecule has 0 saturated carbocycles. The van der Waals surface area contributed by atoms with E-state index < -0.39 is 13.9 Å². The van der Waals surface area contributed by atoms with Crippen LogP contribution in [0.15, 0.2) is 12.2 Å². The Morgan fingerprint density at radius 3 is 1.38 bits per heavy atom. The van der Waals surface area contributed by atoms with Crippen LogP contribution in [0.4, 0.5) is 0 Å². The van der Waals surface area contributed by atoms with E-state index in [1.54, 1.807) is 0 Å². The van der Waals surface area contributed by atoms with Gasteiger partial charge in [-0.2, -0.15) is 0 Å². The number of ether oxygens (including phenoxy) is 2. The number of hydrogen-bond acceptors (Lipinski definition) is 6. The Bertz CT molecular complexity index is 894. The van der Waals surface area contributed by atoms with Gasteiger partial charge in [-0.3, -0.25) is 13.8 Å². The Balaban J connectivity index is 4.18. The maximum absolute atomic E-state index is 12.7. The second-order valence-corrected chi connectivity index (χ2v) is 18.6. The first-order chi connectivity index (χ1) is 26.6. The number of unbranched alkanes of at least 4 members (excludes halogenated alkanes) is 28. The zero-order valence-electron chi connectivity index (χ0n) is 37.2. The first kappa shape index (κ1) is 54.2. The average molecular weight is 803 g/mol. The minimum atomic E-state index is -4.27. The number of carbonyl (C=O) groups is 1. The molecule has 2 atom stereocenters. The molecular formula is C46H93NO7P+. The molecule has 2 unspecified atom stereocenters. The third-order valence-corrected chi connectivity index (χ3v) is 11.3. The van der Waals surface area contributed by atoms with Crippen molar-refractivity contribution in [2.45, 2.75) is 225 Å². The van der Waals surface area contributed by atoms with Gasteiger partial charge in [0, 0.05) is 13.0 Å². The van der Waals surface area contributed by atoms with Crippen LogP contribution in [0.3, 0.4) is 0 Å². The summed E-state index contributed by atoms with van der Waals surface area (Å²) in [4.78, 5) is 22.9. The maximum Gasteiger partial charge on any atom is 0.472 e. The van der Waals surface area contributed by atoms with Crippen molar-refractivity contribution in [3.63, 3.8) is 0 Å². The molecular weight excluding hydrogens is 709 g/mol. The maximum atomic E-state index is 12.7. The largest absolute Gasteiger partial charge is 0.472 e. The van der Waals surface area contributed by atoms with Crippen molar-refractivity contribution in [3.8, 4) is 0 Å². The Morgan fingerprint density at radius 2 is 0.945 bits per heavy atom. The van der Waals surface area contributed by atoms with Crippen LogP contribution in [-0.4, -0.2) is 75.6 Å². The molecule has 0 radical (unpaired) electrons. The molecule has 0 aromatic heterocycles. The fourth-order valence-corrected chi connectivity index (χ4v) is 7.41. The zero-order valence-corrected chi connectivity index (χ0v) is 38.1. The van der Waals surface area contributed by atoms with Crippen LogP contribution in [0.2, 0.25) is 0 Å². The van der Waals surface area contributed by atoms with Crippen LogP contribution in [0.25, 0.3) is 0 Å². The first-order valence-electron chi connectivity index (χ1n) is 23.4. The van der Waals surface area contributed by atoms with E-state index in [-0.39, 0.29) is 25.8 Å². The number of esters is 1. The number of rotatable bonds is 44. The van der Waals surface area contributed by atoms with E-state index in [1.165, 1.54) is 167 Å². The Hall–Kier alpha value is -0.760. The van der Waals surface area contributed by atoms with E-state index in [9.17, 15) is 14.3 Å². The molecule has 0 spiro atoms. The molecule has 55 heavy (non-hydrogen) atoms.